The van der Waals surface area contributed by atoms with Crippen LogP contribution in [0, 0.1) is 6.92 Å². The zero-order chi connectivity index (χ0) is 20.1. The molecule has 0 bridgehead atoms. The quantitative estimate of drug-likeness (QED) is 0.599. The number of nitrogens with one attached hydrogen (secondary N) is 2. The van der Waals surface area contributed by atoms with Crippen LogP contribution in [0.5, 0.6) is 5.75 Å². The second-order valence-corrected chi connectivity index (χ2v) is 7.33. The van der Waals surface area contributed by atoms with Gasteiger partial charge in [0.1, 0.15) is 17.4 Å². The normalized spacial score (nSPS) is 13.8. The standard InChI is InChI=1S/C23H27N5O/c1-17-6-8-18(9-7-17)24-21-16-22(28-14-4-3-5-15-28)27-23(26-21)25-19-10-12-20(29-2)13-11-19/h6-13,16H,3-5,14-15H2,1-2H3,(H2,24,25,26,27). The number of anilines is 5. The molecule has 0 unspecified atom stereocenters. The first-order valence-corrected chi connectivity index (χ1v) is 10.1. The van der Waals surface area contributed by atoms with Crippen molar-refractivity contribution in [3.8, 4) is 5.75 Å². The van der Waals surface area contributed by atoms with E-state index in [1.807, 2.05) is 30.3 Å². The Kier molecular flexibility index (Phi) is 5.79. The van der Waals surface area contributed by atoms with Gasteiger partial charge in [-0.3, -0.25) is 0 Å². The van der Waals surface area contributed by atoms with Crippen molar-refractivity contribution in [1.82, 2.24) is 9.97 Å². The Bertz CT molecular complexity index is 934. The molecule has 29 heavy (non-hydrogen) atoms. The number of ether oxygens (including phenoxy) is 1. The molecule has 0 radical (unpaired) electrons. The molecule has 2 N–H and O–H groups in total. The number of rotatable bonds is 6. The Hall–Kier alpha value is -3.28. The highest BCUT2D eigenvalue weighted by Gasteiger charge is 2.15. The summed E-state index contributed by atoms with van der Waals surface area (Å²) in [6, 6.07) is 18.1. The molecule has 1 aromatic heterocycles. The van der Waals surface area contributed by atoms with Crippen molar-refractivity contribution in [2.45, 2.75) is 26.2 Å². The zero-order valence-corrected chi connectivity index (χ0v) is 17.0. The maximum atomic E-state index is 5.24. The van der Waals surface area contributed by atoms with E-state index in [1.165, 1.54) is 24.8 Å². The molecule has 4 rings (SSSR count). The van der Waals surface area contributed by atoms with Crippen LogP contribution >= 0.6 is 0 Å². The third-order valence-electron chi connectivity index (χ3n) is 5.06. The van der Waals surface area contributed by atoms with E-state index in [9.17, 15) is 0 Å². The minimum absolute atomic E-state index is 0.577. The maximum Gasteiger partial charge on any atom is 0.231 e. The van der Waals surface area contributed by atoms with E-state index >= 15 is 0 Å². The molecule has 1 fully saturated rings. The molecule has 1 aliphatic rings. The number of methoxy groups -OCH3 is 1. The van der Waals surface area contributed by atoms with E-state index in [1.54, 1.807) is 7.11 Å². The Morgan fingerprint density at radius 3 is 2.17 bits per heavy atom. The van der Waals surface area contributed by atoms with Gasteiger partial charge in [0.2, 0.25) is 5.95 Å². The minimum atomic E-state index is 0.577. The molecule has 0 saturated carbocycles. The Morgan fingerprint density at radius 2 is 1.48 bits per heavy atom. The molecule has 0 spiro atoms. The summed E-state index contributed by atoms with van der Waals surface area (Å²) >= 11 is 0. The van der Waals surface area contributed by atoms with Crippen LogP contribution in [0.1, 0.15) is 24.8 Å². The lowest BCUT2D eigenvalue weighted by molar-refractivity contribution is 0.415. The van der Waals surface area contributed by atoms with Crippen LogP contribution in [0.15, 0.2) is 54.6 Å². The van der Waals surface area contributed by atoms with Gasteiger partial charge in [0.15, 0.2) is 0 Å². The number of nitrogens with zero attached hydrogens (tertiary/aromatic N) is 3. The molecule has 1 aliphatic heterocycles. The van der Waals surface area contributed by atoms with Gasteiger partial charge in [-0.15, -0.1) is 0 Å². The molecule has 6 nitrogen and oxygen atoms in total. The van der Waals surface area contributed by atoms with Crippen LogP contribution in [-0.4, -0.2) is 30.2 Å². The van der Waals surface area contributed by atoms with Crippen molar-refractivity contribution in [3.63, 3.8) is 0 Å². The van der Waals surface area contributed by atoms with Gasteiger partial charge in [-0.05, 0) is 62.6 Å². The van der Waals surface area contributed by atoms with Gasteiger partial charge in [0, 0.05) is 30.5 Å². The highest BCUT2D eigenvalue weighted by atomic mass is 16.5. The van der Waals surface area contributed by atoms with Gasteiger partial charge in [-0.1, -0.05) is 17.7 Å². The summed E-state index contributed by atoms with van der Waals surface area (Å²) in [7, 11) is 1.66. The van der Waals surface area contributed by atoms with Crippen LogP contribution in [0.3, 0.4) is 0 Å². The number of benzene rings is 2. The molecule has 1 saturated heterocycles. The lowest BCUT2D eigenvalue weighted by Gasteiger charge is -2.28. The van der Waals surface area contributed by atoms with E-state index in [0.29, 0.717) is 5.95 Å². The second kappa shape index (κ2) is 8.82. The van der Waals surface area contributed by atoms with E-state index in [0.717, 1.165) is 41.8 Å². The van der Waals surface area contributed by atoms with Crippen molar-refractivity contribution in [2.75, 3.05) is 35.7 Å². The van der Waals surface area contributed by atoms with Crippen LogP contribution < -0.4 is 20.3 Å². The van der Waals surface area contributed by atoms with Crippen molar-refractivity contribution >= 4 is 29.0 Å². The molecule has 150 valence electrons. The second-order valence-electron chi connectivity index (χ2n) is 7.33. The van der Waals surface area contributed by atoms with E-state index in [2.05, 4.69) is 46.7 Å². The summed E-state index contributed by atoms with van der Waals surface area (Å²) in [5, 5.41) is 6.74. The van der Waals surface area contributed by atoms with Crippen molar-refractivity contribution in [2.24, 2.45) is 0 Å². The number of aromatic nitrogens is 2. The minimum Gasteiger partial charge on any atom is -0.497 e. The van der Waals surface area contributed by atoms with Crippen LogP contribution in [0.2, 0.25) is 0 Å². The molecule has 2 heterocycles. The highest BCUT2D eigenvalue weighted by Crippen LogP contribution is 2.26. The first kappa shape index (κ1) is 19.1. The Balaban J connectivity index is 1.61. The van der Waals surface area contributed by atoms with Crippen molar-refractivity contribution in [1.29, 1.82) is 0 Å². The molecule has 6 heteroatoms. The fourth-order valence-electron chi connectivity index (χ4n) is 3.43. The lowest BCUT2D eigenvalue weighted by atomic mass is 10.1. The summed E-state index contributed by atoms with van der Waals surface area (Å²) < 4.78 is 5.24. The van der Waals surface area contributed by atoms with Crippen LogP contribution in [0.4, 0.5) is 29.0 Å². The number of hydrogen-bond donors (Lipinski definition) is 2. The first-order valence-electron chi connectivity index (χ1n) is 10.1. The van der Waals surface area contributed by atoms with Gasteiger partial charge in [0.05, 0.1) is 7.11 Å². The van der Waals surface area contributed by atoms with Gasteiger partial charge in [-0.25, -0.2) is 0 Å². The highest BCUT2D eigenvalue weighted by molar-refractivity contribution is 5.64. The summed E-state index contributed by atoms with van der Waals surface area (Å²) in [5.74, 6) is 3.12. The number of hydrogen-bond acceptors (Lipinski definition) is 6. The van der Waals surface area contributed by atoms with Gasteiger partial charge < -0.3 is 20.3 Å². The molecule has 0 atom stereocenters. The van der Waals surface area contributed by atoms with Crippen LogP contribution in [-0.2, 0) is 0 Å². The monoisotopic (exact) mass is 389 g/mol. The summed E-state index contributed by atoms with van der Waals surface area (Å²) in [6.45, 7) is 4.14. The fraction of sp³-hybridized carbons (Fsp3) is 0.304. The molecular weight excluding hydrogens is 362 g/mol. The van der Waals surface area contributed by atoms with Gasteiger partial charge in [-0.2, -0.15) is 9.97 Å². The Labute approximate surface area is 172 Å². The third kappa shape index (κ3) is 4.96. The van der Waals surface area contributed by atoms with Gasteiger partial charge >= 0.3 is 0 Å². The maximum absolute atomic E-state index is 5.24. The lowest BCUT2D eigenvalue weighted by Crippen LogP contribution is -2.30. The summed E-state index contributed by atoms with van der Waals surface area (Å²) in [5.41, 5.74) is 3.16. The molecule has 2 aromatic carbocycles. The van der Waals surface area contributed by atoms with E-state index in [4.69, 9.17) is 14.7 Å². The SMILES string of the molecule is COc1ccc(Nc2nc(Nc3ccc(C)cc3)cc(N3CCCCC3)n2)cc1. The Morgan fingerprint density at radius 1 is 0.828 bits per heavy atom. The molecule has 0 aliphatic carbocycles. The fourth-order valence-corrected chi connectivity index (χ4v) is 3.43. The molecular formula is C23H27N5O. The summed E-state index contributed by atoms with van der Waals surface area (Å²) in [4.78, 5) is 11.8. The topological polar surface area (TPSA) is 62.3 Å². The van der Waals surface area contributed by atoms with E-state index < -0.39 is 0 Å². The molecule has 0 amide bonds. The predicted octanol–water partition coefficient (Wildman–Crippen LogP) is 5.27. The van der Waals surface area contributed by atoms with Crippen LogP contribution in [0.25, 0.3) is 0 Å². The predicted molar refractivity (Wildman–Crippen MR) is 119 cm³/mol. The van der Waals surface area contributed by atoms with Gasteiger partial charge in [0.25, 0.3) is 0 Å². The average molecular weight is 390 g/mol. The third-order valence-corrected chi connectivity index (χ3v) is 5.06. The molecule has 3 aromatic rings. The van der Waals surface area contributed by atoms with Crippen molar-refractivity contribution in [3.05, 3.63) is 60.2 Å². The smallest absolute Gasteiger partial charge is 0.231 e. The number of piperidine rings is 1. The van der Waals surface area contributed by atoms with Crippen molar-refractivity contribution < 1.29 is 4.74 Å². The average Bonchev–Trinajstić information content (AvgIpc) is 2.76. The number of aryl methyl sites for hydroxylation is 1. The summed E-state index contributed by atoms with van der Waals surface area (Å²) in [6.07, 6.45) is 3.69. The first-order chi connectivity index (χ1) is 14.2. The largest absolute Gasteiger partial charge is 0.497 e. The van der Waals surface area contributed by atoms with E-state index in [-0.39, 0.29) is 0 Å². The zero-order valence-electron chi connectivity index (χ0n) is 17.0.